The summed E-state index contributed by atoms with van der Waals surface area (Å²) in [7, 11) is -2.22. The maximum Gasteiger partial charge on any atom is 0.252 e. The highest BCUT2D eigenvalue weighted by Crippen LogP contribution is 2.19. The Morgan fingerprint density at radius 3 is 2.48 bits per heavy atom. The van der Waals surface area contributed by atoms with Crippen molar-refractivity contribution in [2.24, 2.45) is 0 Å². The van der Waals surface area contributed by atoms with E-state index in [0.717, 1.165) is 5.56 Å². The third-order valence-electron chi connectivity index (χ3n) is 4.08. The zero-order valence-corrected chi connectivity index (χ0v) is 17.0. The molecule has 0 saturated heterocycles. The van der Waals surface area contributed by atoms with Gasteiger partial charge in [0.15, 0.2) is 0 Å². The second-order valence-corrected chi connectivity index (χ2v) is 8.32. The summed E-state index contributed by atoms with van der Waals surface area (Å²) in [5.74, 6) is -0.344. The minimum Gasteiger partial charge on any atom is -0.383 e. The number of carbonyl (C=O) groups excluding carboxylic acids is 1. The highest BCUT2D eigenvalue weighted by atomic mass is 35.5. The van der Waals surface area contributed by atoms with E-state index in [1.807, 2.05) is 19.1 Å². The third kappa shape index (κ3) is 5.77. The average molecular weight is 411 g/mol. The Morgan fingerprint density at radius 1 is 1.19 bits per heavy atom. The zero-order chi connectivity index (χ0) is 20.0. The van der Waals surface area contributed by atoms with E-state index in [2.05, 4.69) is 10.0 Å². The van der Waals surface area contributed by atoms with E-state index >= 15 is 0 Å². The summed E-state index contributed by atoms with van der Waals surface area (Å²) in [5.41, 5.74) is 1.90. The Labute approximate surface area is 164 Å². The van der Waals surface area contributed by atoms with Crippen LogP contribution in [0.4, 0.5) is 0 Å². The number of rotatable bonds is 8. The van der Waals surface area contributed by atoms with E-state index in [1.165, 1.54) is 19.2 Å². The quantitative estimate of drug-likeness (QED) is 0.655. The van der Waals surface area contributed by atoms with Crippen LogP contribution in [0.25, 0.3) is 0 Å². The van der Waals surface area contributed by atoms with Gasteiger partial charge in [0.25, 0.3) is 5.91 Å². The molecule has 0 aliphatic carbocycles. The van der Waals surface area contributed by atoms with Crippen molar-refractivity contribution in [3.05, 3.63) is 64.2 Å². The van der Waals surface area contributed by atoms with Crippen LogP contribution in [0.5, 0.6) is 0 Å². The van der Waals surface area contributed by atoms with Gasteiger partial charge in [-0.25, -0.2) is 13.1 Å². The molecule has 2 rings (SSSR count). The molecule has 0 bridgehead atoms. The summed E-state index contributed by atoms with van der Waals surface area (Å²) >= 11 is 5.89. The fraction of sp³-hybridized carbons (Fsp3) is 0.316. The number of benzene rings is 2. The summed E-state index contributed by atoms with van der Waals surface area (Å²) < 4.78 is 32.0. The SMILES string of the molecule is COCCNS(=O)(=O)c1ccc(C)c(C(=O)NC(C)c2ccc(Cl)cc2)c1. The number of hydrogen-bond donors (Lipinski definition) is 2. The molecule has 0 spiro atoms. The molecule has 1 atom stereocenters. The molecule has 0 radical (unpaired) electrons. The molecule has 27 heavy (non-hydrogen) atoms. The van der Waals surface area contributed by atoms with Crippen molar-refractivity contribution in [3.63, 3.8) is 0 Å². The minimum atomic E-state index is -3.72. The Bertz CT molecular complexity index is 898. The van der Waals surface area contributed by atoms with Crippen molar-refractivity contribution in [1.29, 1.82) is 0 Å². The van der Waals surface area contributed by atoms with E-state index in [0.29, 0.717) is 16.1 Å². The lowest BCUT2D eigenvalue weighted by Crippen LogP contribution is -2.29. The molecular formula is C19H23ClN2O4S. The van der Waals surface area contributed by atoms with Gasteiger partial charge in [0, 0.05) is 24.2 Å². The van der Waals surface area contributed by atoms with Crippen molar-refractivity contribution in [1.82, 2.24) is 10.0 Å². The van der Waals surface area contributed by atoms with Gasteiger partial charge >= 0.3 is 0 Å². The molecule has 0 fully saturated rings. The van der Waals surface area contributed by atoms with Crippen LogP contribution < -0.4 is 10.0 Å². The molecule has 146 valence electrons. The molecular weight excluding hydrogens is 388 g/mol. The lowest BCUT2D eigenvalue weighted by molar-refractivity contribution is 0.0939. The minimum absolute atomic E-state index is 0.0356. The lowest BCUT2D eigenvalue weighted by Gasteiger charge is -2.16. The van der Waals surface area contributed by atoms with E-state index in [4.69, 9.17) is 16.3 Å². The summed E-state index contributed by atoms with van der Waals surface area (Å²) in [6.45, 7) is 4.03. The number of sulfonamides is 1. The molecule has 0 aliphatic heterocycles. The van der Waals surface area contributed by atoms with E-state index in [-0.39, 0.29) is 30.0 Å². The molecule has 2 aromatic carbocycles. The van der Waals surface area contributed by atoms with Crippen LogP contribution >= 0.6 is 11.6 Å². The second kappa shape index (κ2) is 9.32. The summed E-state index contributed by atoms with van der Waals surface area (Å²) in [6.07, 6.45) is 0. The van der Waals surface area contributed by atoms with Crippen molar-refractivity contribution < 1.29 is 17.9 Å². The van der Waals surface area contributed by atoms with Gasteiger partial charge in [-0.1, -0.05) is 29.8 Å². The number of nitrogens with one attached hydrogen (secondary N) is 2. The van der Waals surface area contributed by atoms with Gasteiger partial charge in [-0.2, -0.15) is 0 Å². The van der Waals surface area contributed by atoms with E-state index in [9.17, 15) is 13.2 Å². The molecule has 0 heterocycles. The van der Waals surface area contributed by atoms with Gasteiger partial charge in [-0.3, -0.25) is 4.79 Å². The molecule has 2 aromatic rings. The molecule has 6 nitrogen and oxygen atoms in total. The first-order valence-corrected chi connectivity index (χ1v) is 10.3. The highest BCUT2D eigenvalue weighted by Gasteiger charge is 2.19. The molecule has 2 N–H and O–H groups in total. The van der Waals surface area contributed by atoms with Crippen LogP contribution in [-0.2, 0) is 14.8 Å². The number of ether oxygens (including phenoxy) is 1. The van der Waals surface area contributed by atoms with Crippen LogP contribution in [-0.4, -0.2) is 34.6 Å². The van der Waals surface area contributed by atoms with Crippen LogP contribution in [0.1, 0.15) is 34.5 Å². The number of amides is 1. The van der Waals surface area contributed by atoms with Gasteiger partial charge in [-0.15, -0.1) is 0 Å². The monoisotopic (exact) mass is 410 g/mol. The summed E-state index contributed by atoms with van der Waals surface area (Å²) in [4.78, 5) is 12.7. The van der Waals surface area contributed by atoms with Crippen molar-refractivity contribution in [2.75, 3.05) is 20.3 Å². The molecule has 0 aliphatic rings. The average Bonchev–Trinajstić information content (AvgIpc) is 2.62. The smallest absolute Gasteiger partial charge is 0.252 e. The lowest BCUT2D eigenvalue weighted by atomic mass is 10.1. The molecule has 0 aromatic heterocycles. The van der Waals surface area contributed by atoms with Gasteiger partial charge in [0.2, 0.25) is 10.0 Å². The number of methoxy groups -OCH3 is 1. The normalized spacial score (nSPS) is 12.6. The van der Waals surface area contributed by atoms with E-state index < -0.39 is 10.0 Å². The Morgan fingerprint density at radius 2 is 1.85 bits per heavy atom. The van der Waals surface area contributed by atoms with Gasteiger partial charge in [0.05, 0.1) is 17.5 Å². The first kappa shape index (κ1) is 21.4. The fourth-order valence-corrected chi connectivity index (χ4v) is 3.65. The van der Waals surface area contributed by atoms with Crippen molar-refractivity contribution in [2.45, 2.75) is 24.8 Å². The van der Waals surface area contributed by atoms with Gasteiger partial charge < -0.3 is 10.1 Å². The zero-order valence-electron chi connectivity index (χ0n) is 15.5. The van der Waals surface area contributed by atoms with E-state index in [1.54, 1.807) is 25.1 Å². The third-order valence-corrected chi connectivity index (χ3v) is 5.79. The molecule has 1 unspecified atom stereocenters. The highest BCUT2D eigenvalue weighted by molar-refractivity contribution is 7.89. The van der Waals surface area contributed by atoms with Crippen LogP contribution in [0.15, 0.2) is 47.4 Å². The largest absolute Gasteiger partial charge is 0.383 e. The van der Waals surface area contributed by atoms with Crippen LogP contribution in [0.3, 0.4) is 0 Å². The number of aryl methyl sites for hydroxylation is 1. The van der Waals surface area contributed by atoms with Crippen molar-refractivity contribution in [3.8, 4) is 0 Å². The van der Waals surface area contributed by atoms with Crippen LogP contribution in [0, 0.1) is 6.92 Å². The topological polar surface area (TPSA) is 84.5 Å². The van der Waals surface area contributed by atoms with Gasteiger partial charge in [-0.05, 0) is 49.2 Å². The Hall–Kier alpha value is -1.93. The summed E-state index contributed by atoms with van der Waals surface area (Å²) in [6, 6.07) is 11.4. The standard InChI is InChI=1S/C19H23ClN2O4S/c1-13-4-9-17(27(24,25)21-10-11-26-3)12-18(13)19(23)22-14(2)15-5-7-16(20)8-6-15/h4-9,12,14,21H,10-11H2,1-3H3,(H,22,23). The van der Waals surface area contributed by atoms with Gasteiger partial charge in [0.1, 0.15) is 0 Å². The first-order chi connectivity index (χ1) is 12.7. The first-order valence-electron chi connectivity index (χ1n) is 8.40. The Kier molecular flexibility index (Phi) is 7.38. The summed E-state index contributed by atoms with van der Waals surface area (Å²) in [5, 5.41) is 3.50. The maximum atomic E-state index is 12.7. The van der Waals surface area contributed by atoms with Crippen LogP contribution in [0.2, 0.25) is 5.02 Å². The number of halogens is 1. The maximum absolute atomic E-state index is 12.7. The predicted molar refractivity (Wildman–Crippen MR) is 106 cm³/mol. The van der Waals surface area contributed by atoms with Crippen molar-refractivity contribution >= 4 is 27.5 Å². The fourth-order valence-electron chi connectivity index (χ4n) is 2.48. The molecule has 0 saturated carbocycles. The Balaban J connectivity index is 2.19. The predicted octanol–water partition coefficient (Wildman–Crippen LogP) is 3.06. The number of hydrogen-bond acceptors (Lipinski definition) is 4. The second-order valence-electron chi connectivity index (χ2n) is 6.11. The number of carbonyl (C=O) groups is 1. The molecule has 8 heteroatoms. The molecule has 1 amide bonds.